The van der Waals surface area contributed by atoms with Gasteiger partial charge in [-0.05, 0) is 147 Å². The summed E-state index contributed by atoms with van der Waals surface area (Å²) < 4.78 is 11.6. The van der Waals surface area contributed by atoms with Crippen molar-refractivity contribution in [2.24, 2.45) is 5.92 Å². The first-order valence-electron chi connectivity index (χ1n) is 16.6. The van der Waals surface area contributed by atoms with Crippen LogP contribution in [0.2, 0.25) is 0 Å². The lowest BCUT2D eigenvalue weighted by atomic mass is 9.94. The lowest BCUT2D eigenvalue weighted by Crippen LogP contribution is -2.31. The van der Waals surface area contributed by atoms with E-state index in [0.717, 1.165) is 58.6 Å². The lowest BCUT2D eigenvalue weighted by molar-refractivity contribution is 0.114. The van der Waals surface area contributed by atoms with Crippen molar-refractivity contribution >= 4 is 42.4 Å². The molecule has 0 aliphatic heterocycles. The zero-order chi connectivity index (χ0) is 33.1. The molecule has 3 atom stereocenters. The number of rotatable bonds is 10. The van der Waals surface area contributed by atoms with Crippen LogP contribution >= 0.6 is 15.8 Å². The molecule has 1 fully saturated rings. The lowest BCUT2D eigenvalue weighted by Gasteiger charge is -2.34. The minimum Gasteiger partial charge on any atom is -0.496 e. The predicted molar refractivity (Wildman–Crippen MR) is 202 cm³/mol. The van der Waals surface area contributed by atoms with Crippen molar-refractivity contribution in [2.45, 2.75) is 58.7 Å². The van der Waals surface area contributed by atoms with Crippen molar-refractivity contribution in [3.8, 4) is 11.5 Å². The first-order valence-corrected chi connectivity index (χ1v) is 19.3. The Labute approximate surface area is 283 Å². The highest BCUT2D eigenvalue weighted by Crippen LogP contribution is 2.54. The zero-order valence-electron chi connectivity index (χ0n) is 28.4. The van der Waals surface area contributed by atoms with Gasteiger partial charge in [-0.1, -0.05) is 91.3 Å². The number of ether oxygens (including phenoxy) is 2. The Hall–Kier alpha value is -3.48. The highest BCUT2D eigenvalue weighted by molar-refractivity contribution is 7.80. The predicted octanol–water partition coefficient (Wildman–Crippen LogP) is 8.03. The smallest absolute Gasteiger partial charge is 0.124 e. The monoisotopic (exact) mass is 660 g/mol. The van der Waals surface area contributed by atoms with Gasteiger partial charge in [0.2, 0.25) is 0 Å². The number of benzene rings is 5. The number of aliphatic hydroxyl groups excluding tert-OH is 1. The second-order valence-corrected chi connectivity index (χ2v) is 17.4. The molecule has 5 heteroatoms. The van der Waals surface area contributed by atoms with Gasteiger partial charge in [-0.2, -0.15) is 0 Å². The van der Waals surface area contributed by atoms with Gasteiger partial charge in [0.1, 0.15) is 11.5 Å². The van der Waals surface area contributed by atoms with E-state index in [0.29, 0.717) is 5.66 Å². The number of methoxy groups -OCH3 is 2. The fourth-order valence-electron chi connectivity index (χ4n) is 7.72. The topological polar surface area (TPSA) is 38.7 Å². The fourth-order valence-corrected chi connectivity index (χ4v) is 13.8. The summed E-state index contributed by atoms with van der Waals surface area (Å²) in [5.74, 6) is 2.03. The molecule has 1 aliphatic carbocycles. The van der Waals surface area contributed by atoms with Crippen LogP contribution in [0.25, 0.3) is 0 Å². The van der Waals surface area contributed by atoms with Crippen LogP contribution < -0.4 is 36.0 Å². The first-order chi connectivity index (χ1) is 22.8. The molecule has 6 rings (SSSR count). The maximum Gasteiger partial charge on any atom is 0.124 e. The van der Waals surface area contributed by atoms with Crippen molar-refractivity contribution in [3.05, 3.63) is 137 Å². The van der Waals surface area contributed by atoms with Gasteiger partial charge in [0.25, 0.3) is 0 Å². The minimum absolute atomic E-state index is 0.165. The van der Waals surface area contributed by atoms with E-state index in [1.807, 2.05) is 0 Å². The van der Waals surface area contributed by atoms with E-state index in [4.69, 9.17) is 9.47 Å². The molecule has 2 unspecified atom stereocenters. The van der Waals surface area contributed by atoms with Gasteiger partial charge in [0.15, 0.2) is 0 Å². The standard InChI is InChI=1S/C42H46O3P2/c1-28-24-34(25-29(2)41(28)44-5)47(35-26-30(3)42(45-6)31(4)27-35)38-22-14-13-20-36(38)40(43)37-21-15-23-39(37)46(32-16-9-7-10-17-32)33-18-11-8-12-19-33/h7-14,16-20,22,24-27,37,39-40,43H,15,21,23H2,1-6H3/t37?,39?,40-/m0/s1. The van der Waals surface area contributed by atoms with Crippen LogP contribution in [0.4, 0.5) is 0 Å². The molecular formula is C42H46O3P2. The average Bonchev–Trinajstić information content (AvgIpc) is 3.55. The number of hydrogen-bond acceptors (Lipinski definition) is 3. The molecule has 0 bridgehead atoms. The van der Waals surface area contributed by atoms with E-state index >= 15 is 0 Å². The van der Waals surface area contributed by atoms with Gasteiger partial charge in [0, 0.05) is 0 Å². The van der Waals surface area contributed by atoms with Gasteiger partial charge >= 0.3 is 0 Å². The molecule has 0 aromatic heterocycles. The molecule has 5 aromatic carbocycles. The Kier molecular flexibility index (Phi) is 10.5. The molecule has 0 amide bonds. The molecule has 242 valence electrons. The highest BCUT2D eigenvalue weighted by atomic mass is 31.1. The molecule has 1 aliphatic rings. The van der Waals surface area contributed by atoms with E-state index in [-0.39, 0.29) is 5.92 Å². The maximum absolute atomic E-state index is 12.6. The van der Waals surface area contributed by atoms with Crippen molar-refractivity contribution in [1.82, 2.24) is 0 Å². The summed E-state index contributed by atoms with van der Waals surface area (Å²) in [7, 11) is 1.86. The molecule has 1 N–H and O–H groups in total. The third kappa shape index (κ3) is 6.77. The van der Waals surface area contributed by atoms with Crippen molar-refractivity contribution < 1.29 is 14.6 Å². The summed E-state index contributed by atoms with van der Waals surface area (Å²) in [4.78, 5) is 0. The first kappa shape index (κ1) is 33.4. The van der Waals surface area contributed by atoms with E-state index in [1.54, 1.807) is 14.2 Å². The second kappa shape index (κ2) is 14.7. The maximum atomic E-state index is 12.6. The molecular weight excluding hydrogens is 614 g/mol. The number of aliphatic hydroxyl groups is 1. The summed E-state index contributed by atoms with van der Waals surface area (Å²) in [5, 5.41) is 19.1. The molecule has 5 aromatic rings. The van der Waals surface area contributed by atoms with Gasteiger partial charge in [-0.3, -0.25) is 0 Å². The normalized spacial score (nSPS) is 16.9. The SMILES string of the molecule is COc1c(C)cc(P(c2cc(C)c(OC)c(C)c2)c2ccccc2[C@H](O)C2CCCC2P(c2ccccc2)c2ccccc2)cc1C. The van der Waals surface area contributed by atoms with E-state index in [2.05, 4.69) is 137 Å². The Morgan fingerprint density at radius 2 is 1.04 bits per heavy atom. The summed E-state index contributed by atoms with van der Waals surface area (Å²) >= 11 is 0. The molecule has 0 saturated heterocycles. The third-order valence-corrected chi connectivity index (χ3v) is 15.1. The van der Waals surface area contributed by atoms with Gasteiger partial charge in [-0.15, -0.1) is 0 Å². The summed E-state index contributed by atoms with van der Waals surface area (Å²) in [6, 6.07) is 39.8. The van der Waals surface area contributed by atoms with Crippen LogP contribution in [0.5, 0.6) is 11.5 Å². The van der Waals surface area contributed by atoms with Crippen molar-refractivity contribution in [3.63, 3.8) is 0 Å². The number of hydrogen-bond donors (Lipinski definition) is 1. The van der Waals surface area contributed by atoms with Crippen LogP contribution in [0, 0.1) is 33.6 Å². The fraction of sp³-hybridized carbons (Fsp3) is 0.286. The quantitative estimate of drug-likeness (QED) is 0.154. The summed E-state index contributed by atoms with van der Waals surface area (Å²) in [6.07, 6.45) is 2.72. The van der Waals surface area contributed by atoms with Crippen LogP contribution in [0.15, 0.2) is 109 Å². The summed E-state index contributed by atoms with van der Waals surface area (Å²) in [6.45, 7) is 8.53. The average molecular weight is 661 g/mol. The second-order valence-electron chi connectivity index (χ2n) is 12.8. The minimum atomic E-state index is -0.996. The van der Waals surface area contributed by atoms with E-state index in [1.165, 1.54) is 26.5 Å². The highest BCUT2D eigenvalue weighted by Gasteiger charge is 2.40. The Bertz CT molecular complexity index is 1680. The van der Waals surface area contributed by atoms with Crippen LogP contribution in [-0.4, -0.2) is 25.0 Å². The number of aryl methyl sites for hydroxylation is 4. The Morgan fingerprint density at radius 1 is 0.596 bits per heavy atom. The molecule has 0 spiro atoms. The van der Waals surface area contributed by atoms with Crippen LogP contribution in [0.3, 0.4) is 0 Å². The summed E-state index contributed by atoms with van der Waals surface area (Å²) in [5.41, 5.74) is 5.96. The molecule has 0 radical (unpaired) electrons. The van der Waals surface area contributed by atoms with Crippen LogP contribution in [0.1, 0.15) is 53.2 Å². The van der Waals surface area contributed by atoms with Crippen molar-refractivity contribution in [2.75, 3.05) is 14.2 Å². The Balaban J connectivity index is 1.48. The zero-order valence-corrected chi connectivity index (χ0v) is 30.2. The molecule has 3 nitrogen and oxygen atoms in total. The van der Waals surface area contributed by atoms with E-state index < -0.39 is 21.9 Å². The molecule has 0 heterocycles. The third-order valence-electron chi connectivity index (χ3n) is 9.65. The van der Waals surface area contributed by atoms with Crippen LogP contribution in [-0.2, 0) is 0 Å². The molecule has 1 saturated carbocycles. The Morgan fingerprint density at radius 3 is 1.51 bits per heavy atom. The van der Waals surface area contributed by atoms with E-state index in [9.17, 15) is 5.11 Å². The van der Waals surface area contributed by atoms with Gasteiger partial charge < -0.3 is 14.6 Å². The molecule has 47 heavy (non-hydrogen) atoms. The van der Waals surface area contributed by atoms with Crippen molar-refractivity contribution in [1.29, 1.82) is 0 Å². The van der Waals surface area contributed by atoms with Gasteiger partial charge in [-0.25, -0.2) is 0 Å². The largest absolute Gasteiger partial charge is 0.496 e. The van der Waals surface area contributed by atoms with Gasteiger partial charge in [0.05, 0.1) is 20.3 Å².